The fourth-order valence-electron chi connectivity index (χ4n) is 4.08. The van der Waals surface area contributed by atoms with Crippen LogP contribution in [0.3, 0.4) is 0 Å². The second-order valence-corrected chi connectivity index (χ2v) is 8.37. The predicted molar refractivity (Wildman–Crippen MR) is 135 cm³/mol. The van der Waals surface area contributed by atoms with Crippen LogP contribution in [-0.4, -0.2) is 22.8 Å². The zero-order chi connectivity index (χ0) is 25.9. The van der Waals surface area contributed by atoms with Crippen molar-refractivity contribution >= 4 is 29.2 Å². The molecule has 0 atom stereocenters. The van der Waals surface area contributed by atoms with Gasteiger partial charge in [-0.2, -0.15) is 0 Å². The Balaban J connectivity index is 1.39. The van der Waals surface area contributed by atoms with Gasteiger partial charge in [-0.3, -0.25) is 14.6 Å². The minimum atomic E-state index is -0.638. The molecule has 4 aromatic rings. The van der Waals surface area contributed by atoms with E-state index in [0.717, 1.165) is 17.3 Å². The molecule has 2 heterocycles. The number of anilines is 2. The van der Waals surface area contributed by atoms with Gasteiger partial charge in [-0.1, -0.05) is 18.2 Å². The van der Waals surface area contributed by atoms with Crippen LogP contribution in [0.5, 0.6) is 0 Å². The minimum absolute atomic E-state index is 0.0247. The summed E-state index contributed by atoms with van der Waals surface area (Å²) in [5.41, 5.74) is 10.6. The first-order chi connectivity index (χ1) is 17.9. The molecule has 0 unspecified atom stereocenters. The van der Waals surface area contributed by atoms with E-state index in [1.165, 1.54) is 12.3 Å². The third-order valence-electron chi connectivity index (χ3n) is 5.99. The highest BCUT2D eigenvalue weighted by atomic mass is 19.1. The fraction of sp³-hybridized carbons (Fsp3) is 0.0714. The lowest BCUT2D eigenvalue weighted by atomic mass is 9.96. The lowest BCUT2D eigenvalue weighted by Crippen LogP contribution is -2.14. The molecule has 1 aliphatic rings. The first-order valence-electron chi connectivity index (χ1n) is 11.4. The van der Waals surface area contributed by atoms with E-state index in [1.54, 1.807) is 54.6 Å². The Morgan fingerprint density at radius 2 is 1.73 bits per heavy atom. The van der Waals surface area contributed by atoms with Crippen molar-refractivity contribution in [2.45, 2.75) is 13.2 Å². The molecule has 0 fully saturated rings. The molecule has 2 amide bonds. The summed E-state index contributed by atoms with van der Waals surface area (Å²) in [5.74, 6) is -1.86. The van der Waals surface area contributed by atoms with Crippen LogP contribution in [0, 0.1) is 5.82 Å². The Morgan fingerprint density at radius 1 is 0.946 bits per heavy atom. The van der Waals surface area contributed by atoms with Crippen LogP contribution < -0.4 is 16.4 Å². The van der Waals surface area contributed by atoms with Crippen molar-refractivity contribution < 1.29 is 23.5 Å². The van der Waals surface area contributed by atoms with Gasteiger partial charge in [0.1, 0.15) is 6.61 Å². The van der Waals surface area contributed by atoms with Crippen LogP contribution in [0.15, 0.2) is 79.1 Å². The molecule has 3 aromatic carbocycles. The van der Waals surface area contributed by atoms with Crippen LogP contribution in [-0.2, 0) is 17.9 Å². The Labute approximate surface area is 211 Å². The molecule has 0 saturated heterocycles. The SMILES string of the molecule is NCc1ccc(C(=O)Nc2ccncc2F)cc1-c1cccc(NC(=O)c2ccc3c(c2)COC3=O)c1. The van der Waals surface area contributed by atoms with Crippen molar-refractivity contribution in [1.29, 1.82) is 0 Å². The van der Waals surface area contributed by atoms with E-state index in [2.05, 4.69) is 15.6 Å². The number of benzene rings is 3. The van der Waals surface area contributed by atoms with E-state index >= 15 is 0 Å². The number of pyridine rings is 1. The summed E-state index contributed by atoms with van der Waals surface area (Å²) in [6.07, 6.45) is 2.41. The topological polar surface area (TPSA) is 123 Å². The molecule has 184 valence electrons. The first-order valence-corrected chi connectivity index (χ1v) is 11.4. The number of cyclic esters (lactones) is 1. The number of rotatable bonds is 6. The van der Waals surface area contributed by atoms with Gasteiger partial charge in [-0.05, 0) is 65.2 Å². The molecular weight excluding hydrogens is 475 g/mol. The highest BCUT2D eigenvalue weighted by Crippen LogP contribution is 2.28. The van der Waals surface area contributed by atoms with E-state index in [0.29, 0.717) is 33.5 Å². The van der Waals surface area contributed by atoms with Crippen molar-refractivity contribution in [2.24, 2.45) is 5.73 Å². The number of ether oxygens (including phenoxy) is 1. The van der Waals surface area contributed by atoms with E-state index in [9.17, 15) is 18.8 Å². The van der Waals surface area contributed by atoms with Crippen LogP contribution in [0.2, 0.25) is 0 Å². The number of carbonyl (C=O) groups is 3. The Kier molecular flexibility index (Phi) is 6.44. The average molecular weight is 496 g/mol. The van der Waals surface area contributed by atoms with Crippen molar-refractivity contribution in [2.75, 3.05) is 10.6 Å². The van der Waals surface area contributed by atoms with Gasteiger partial charge in [0.25, 0.3) is 11.8 Å². The number of amides is 2. The lowest BCUT2D eigenvalue weighted by molar-refractivity contribution is 0.0535. The van der Waals surface area contributed by atoms with Crippen molar-refractivity contribution in [1.82, 2.24) is 4.98 Å². The van der Waals surface area contributed by atoms with Gasteiger partial charge in [-0.25, -0.2) is 9.18 Å². The van der Waals surface area contributed by atoms with Gasteiger partial charge >= 0.3 is 5.97 Å². The van der Waals surface area contributed by atoms with Crippen LogP contribution >= 0.6 is 0 Å². The number of nitrogens with one attached hydrogen (secondary N) is 2. The van der Waals surface area contributed by atoms with E-state index < -0.39 is 17.7 Å². The number of esters is 1. The van der Waals surface area contributed by atoms with Gasteiger partial charge in [0.05, 0.1) is 17.4 Å². The molecule has 0 bridgehead atoms. The smallest absolute Gasteiger partial charge is 0.338 e. The molecule has 0 saturated carbocycles. The predicted octanol–water partition coefficient (Wildman–Crippen LogP) is 4.52. The summed E-state index contributed by atoms with van der Waals surface area (Å²) in [5, 5.41) is 5.41. The number of hydrogen-bond donors (Lipinski definition) is 3. The monoisotopic (exact) mass is 496 g/mol. The Morgan fingerprint density at radius 3 is 2.54 bits per heavy atom. The summed E-state index contributed by atoms with van der Waals surface area (Å²) in [6.45, 7) is 0.368. The minimum Gasteiger partial charge on any atom is -0.457 e. The van der Waals surface area contributed by atoms with Crippen molar-refractivity contribution in [3.63, 3.8) is 0 Å². The van der Waals surface area contributed by atoms with Crippen LogP contribution in [0.25, 0.3) is 11.1 Å². The molecule has 1 aliphatic heterocycles. The molecule has 37 heavy (non-hydrogen) atoms. The van der Waals surface area contributed by atoms with E-state index in [4.69, 9.17) is 10.5 Å². The third kappa shape index (κ3) is 4.93. The molecule has 1 aromatic heterocycles. The molecule has 5 rings (SSSR count). The van der Waals surface area contributed by atoms with Gasteiger partial charge < -0.3 is 21.1 Å². The number of halogens is 1. The summed E-state index contributed by atoms with van der Waals surface area (Å²) < 4.78 is 18.9. The molecular formula is C28H21FN4O4. The molecule has 0 aliphatic carbocycles. The number of carbonyl (C=O) groups excluding carboxylic acids is 3. The molecule has 0 radical (unpaired) electrons. The number of nitrogens with zero attached hydrogens (tertiary/aromatic N) is 1. The number of hydrogen-bond acceptors (Lipinski definition) is 6. The lowest BCUT2D eigenvalue weighted by Gasteiger charge is -2.13. The largest absolute Gasteiger partial charge is 0.457 e. The number of fused-ring (bicyclic) bond motifs is 1. The highest BCUT2D eigenvalue weighted by Gasteiger charge is 2.22. The zero-order valence-electron chi connectivity index (χ0n) is 19.5. The molecule has 0 spiro atoms. The zero-order valence-corrected chi connectivity index (χ0v) is 19.5. The summed E-state index contributed by atoms with van der Waals surface area (Å²) in [7, 11) is 0. The summed E-state index contributed by atoms with van der Waals surface area (Å²) >= 11 is 0. The maximum absolute atomic E-state index is 13.9. The molecule has 4 N–H and O–H groups in total. The normalized spacial score (nSPS) is 12.0. The second-order valence-electron chi connectivity index (χ2n) is 8.37. The van der Waals surface area contributed by atoms with E-state index in [1.807, 2.05) is 6.07 Å². The van der Waals surface area contributed by atoms with Gasteiger partial charge in [0.15, 0.2) is 5.82 Å². The fourth-order valence-corrected chi connectivity index (χ4v) is 4.08. The van der Waals surface area contributed by atoms with Crippen LogP contribution in [0.4, 0.5) is 15.8 Å². The maximum atomic E-state index is 13.9. The molecule has 9 heteroatoms. The quantitative estimate of drug-likeness (QED) is 0.337. The second kappa shape index (κ2) is 10.00. The summed E-state index contributed by atoms with van der Waals surface area (Å²) in [6, 6.07) is 18.3. The van der Waals surface area contributed by atoms with Crippen molar-refractivity contribution in [3.05, 3.63) is 113 Å². The van der Waals surface area contributed by atoms with Gasteiger partial charge in [0.2, 0.25) is 0 Å². The van der Waals surface area contributed by atoms with E-state index in [-0.39, 0.29) is 24.7 Å². The molecule has 8 nitrogen and oxygen atoms in total. The number of nitrogens with two attached hydrogens (primary N) is 1. The van der Waals surface area contributed by atoms with Gasteiger partial charge in [-0.15, -0.1) is 0 Å². The van der Waals surface area contributed by atoms with Gasteiger partial charge in [0, 0.05) is 35.1 Å². The highest BCUT2D eigenvalue weighted by molar-refractivity contribution is 6.06. The average Bonchev–Trinajstić information content (AvgIpc) is 3.29. The van der Waals surface area contributed by atoms with Crippen LogP contribution in [0.1, 0.15) is 42.2 Å². The Hall–Kier alpha value is -4.89. The standard InChI is InChI=1S/C28H21FN4O4/c29-24-14-31-9-8-25(24)33-27(35)18-4-5-19(13-30)23(12-18)16-2-1-3-21(11-16)32-26(34)17-6-7-22-20(10-17)15-37-28(22)36/h1-12,14H,13,15,30H2,(H,32,34)(H,31,33,35). The maximum Gasteiger partial charge on any atom is 0.338 e. The first kappa shape index (κ1) is 23.8. The third-order valence-corrected chi connectivity index (χ3v) is 5.99. The number of aromatic nitrogens is 1. The summed E-state index contributed by atoms with van der Waals surface area (Å²) in [4.78, 5) is 41.0. The Bertz CT molecular complexity index is 1550. The van der Waals surface area contributed by atoms with Crippen molar-refractivity contribution in [3.8, 4) is 11.1 Å².